The highest BCUT2D eigenvalue weighted by atomic mass is 28.3. The summed E-state index contributed by atoms with van der Waals surface area (Å²) in [6.07, 6.45) is 5.60. The van der Waals surface area contributed by atoms with Crippen LogP contribution in [0.1, 0.15) is 23.5 Å². The standard InChI is InChI=1S/C24H33N3O4Si/c1-32(2,3)13-12-29-17-27-22(8-10-25)18-4-7-24(26-15-18)31-20-5-6-21-19(9-11-28)16-30-23(21)14-20/h4-8,10,14-15,19,28H,9,11-13,16-17,25H2,1-3H3. The van der Waals surface area contributed by atoms with Gasteiger partial charge in [0, 0.05) is 56.7 Å². The van der Waals surface area contributed by atoms with Crippen LogP contribution >= 0.6 is 0 Å². The van der Waals surface area contributed by atoms with Crippen LogP contribution < -0.4 is 15.2 Å². The number of aliphatic imine (C=N–C) groups is 1. The predicted octanol–water partition coefficient (Wildman–Crippen LogP) is 4.31. The summed E-state index contributed by atoms with van der Waals surface area (Å²) in [6, 6.07) is 10.5. The van der Waals surface area contributed by atoms with Gasteiger partial charge >= 0.3 is 0 Å². The van der Waals surface area contributed by atoms with Gasteiger partial charge in [-0.2, -0.15) is 0 Å². The lowest BCUT2D eigenvalue weighted by molar-refractivity contribution is 0.155. The molecule has 1 aromatic heterocycles. The quantitative estimate of drug-likeness (QED) is 0.298. The smallest absolute Gasteiger partial charge is 0.219 e. The van der Waals surface area contributed by atoms with E-state index in [1.54, 1.807) is 18.3 Å². The molecule has 1 atom stereocenters. The van der Waals surface area contributed by atoms with Crippen molar-refractivity contribution in [3.05, 3.63) is 59.9 Å². The summed E-state index contributed by atoms with van der Waals surface area (Å²) in [5.41, 5.74) is 8.24. The minimum Gasteiger partial charge on any atom is -0.493 e. The van der Waals surface area contributed by atoms with Crippen LogP contribution in [0, 0.1) is 0 Å². The average Bonchev–Trinajstić information content (AvgIpc) is 3.15. The van der Waals surface area contributed by atoms with E-state index in [0.29, 0.717) is 30.4 Å². The number of aliphatic hydroxyl groups is 1. The summed E-state index contributed by atoms with van der Waals surface area (Å²) in [6.45, 7) is 8.70. The number of rotatable bonds is 11. The molecule has 0 spiro atoms. The predicted molar refractivity (Wildman–Crippen MR) is 130 cm³/mol. The number of hydrogen-bond donors (Lipinski definition) is 2. The SMILES string of the molecule is C[Si](C)(C)CCOCN=C(C=CN)c1ccc(Oc2ccc3c(c2)OCC3CCO)nc1. The third kappa shape index (κ3) is 6.91. The number of nitrogens with zero attached hydrogens (tertiary/aromatic N) is 2. The molecule has 3 rings (SSSR count). The van der Waals surface area contributed by atoms with Crippen LogP contribution in [-0.2, 0) is 4.74 Å². The molecule has 0 aliphatic carbocycles. The first-order valence-corrected chi connectivity index (χ1v) is 14.6. The molecular weight excluding hydrogens is 422 g/mol. The second-order valence-electron chi connectivity index (χ2n) is 8.96. The fourth-order valence-electron chi connectivity index (χ4n) is 3.32. The molecule has 3 N–H and O–H groups in total. The average molecular weight is 456 g/mol. The molecule has 0 bridgehead atoms. The minimum absolute atomic E-state index is 0.150. The largest absolute Gasteiger partial charge is 0.493 e. The van der Waals surface area contributed by atoms with Gasteiger partial charge in [-0.1, -0.05) is 25.7 Å². The molecule has 0 saturated heterocycles. The van der Waals surface area contributed by atoms with Crippen LogP contribution in [0.15, 0.2) is 53.8 Å². The molecule has 7 nitrogen and oxygen atoms in total. The minimum atomic E-state index is -1.11. The Labute approximate surface area is 191 Å². The van der Waals surface area contributed by atoms with Gasteiger partial charge in [-0.15, -0.1) is 0 Å². The van der Waals surface area contributed by atoms with Crippen LogP contribution in [0.5, 0.6) is 17.4 Å². The molecule has 2 heterocycles. The van der Waals surface area contributed by atoms with Crippen molar-refractivity contribution in [1.29, 1.82) is 0 Å². The molecule has 1 aromatic carbocycles. The van der Waals surface area contributed by atoms with Crippen LogP contribution in [0.25, 0.3) is 0 Å². The third-order valence-electron chi connectivity index (χ3n) is 5.17. The number of allylic oxidation sites excluding steroid dienone is 1. The van der Waals surface area contributed by atoms with Crippen LogP contribution in [0.4, 0.5) is 0 Å². The molecule has 8 heteroatoms. The topological polar surface area (TPSA) is 99.2 Å². The lowest BCUT2D eigenvalue weighted by Gasteiger charge is -2.14. The highest BCUT2D eigenvalue weighted by molar-refractivity contribution is 6.76. The van der Waals surface area contributed by atoms with E-state index in [-0.39, 0.29) is 19.3 Å². The lowest BCUT2D eigenvalue weighted by atomic mass is 9.98. The van der Waals surface area contributed by atoms with Gasteiger partial charge in [0.2, 0.25) is 5.88 Å². The number of fused-ring (bicyclic) bond motifs is 1. The van der Waals surface area contributed by atoms with Crippen molar-refractivity contribution in [1.82, 2.24) is 4.98 Å². The molecule has 2 aromatic rings. The fraction of sp³-hybridized carbons (Fsp3) is 0.417. The Morgan fingerprint density at radius 1 is 1.31 bits per heavy atom. The Bertz CT molecular complexity index is 939. The molecular formula is C24H33N3O4Si. The van der Waals surface area contributed by atoms with E-state index in [1.165, 1.54) is 6.20 Å². The van der Waals surface area contributed by atoms with Crippen LogP contribution in [-0.4, -0.2) is 50.4 Å². The molecule has 0 radical (unpaired) electrons. The van der Waals surface area contributed by atoms with Gasteiger partial charge in [-0.3, -0.25) is 4.99 Å². The maximum Gasteiger partial charge on any atom is 0.219 e. The van der Waals surface area contributed by atoms with Crippen molar-refractivity contribution in [3.63, 3.8) is 0 Å². The maximum absolute atomic E-state index is 9.18. The van der Waals surface area contributed by atoms with E-state index < -0.39 is 8.07 Å². The Kier molecular flexibility index (Phi) is 8.44. The van der Waals surface area contributed by atoms with Crippen molar-refractivity contribution in [2.24, 2.45) is 10.7 Å². The maximum atomic E-state index is 9.18. The number of nitrogens with two attached hydrogens (primary N) is 1. The van der Waals surface area contributed by atoms with Crippen molar-refractivity contribution >= 4 is 13.8 Å². The van der Waals surface area contributed by atoms with Crippen molar-refractivity contribution in [2.45, 2.75) is 38.0 Å². The molecule has 1 unspecified atom stereocenters. The van der Waals surface area contributed by atoms with Gasteiger partial charge in [0.05, 0.1) is 12.3 Å². The van der Waals surface area contributed by atoms with Gasteiger partial charge in [0.25, 0.3) is 0 Å². The van der Waals surface area contributed by atoms with Crippen molar-refractivity contribution < 1.29 is 19.3 Å². The summed E-state index contributed by atoms with van der Waals surface area (Å²) < 4.78 is 17.3. The van der Waals surface area contributed by atoms with Gasteiger partial charge in [0.15, 0.2) is 0 Å². The van der Waals surface area contributed by atoms with Crippen molar-refractivity contribution in [2.75, 3.05) is 26.6 Å². The first-order valence-electron chi connectivity index (χ1n) is 10.9. The zero-order chi connectivity index (χ0) is 23.0. The number of hydrogen-bond acceptors (Lipinski definition) is 7. The zero-order valence-electron chi connectivity index (χ0n) is 19.1. The van der Waals surface area contributed by atoms with Gasteiger partial charge in [-0.05, 0) is 36.9 Å². The summed E-state index contributed by atoms with van der Waals surface area (Å²) in [4.78, 5) is 8.91. The van der Waals surface area contributed by atoms with E-state index in [2.05, 4.69) is 29.6 Å². The number of aliphatic hydroxyl groups excluding tert-OH is 1. The Hall–Kier alpha value is -2.68. The Morgan fingerprint density at radius 3 is 2.84 bits per heavy atom. The van der Waals surface area contributed by atoms with Crippen LogP contribution in [0.2, 0.25) is 25.7 Å². The molecule has 0 fully saturated rings. The number of ether oxygens (including phenoxy) is 3. The molecule has 172 valence electrons. The Balaban J connectivity index is 1.61. The van der Waals surface area contributed by atoms with E-state index in [4.69, 9.17) is 19.9 Å². The number of pyridine rings is 1. The van der Waals surface area contributed by atoms with Gasteiger partial charge in [-0.25, -0.2) is 4.98 Å². The summed E-state index contributed by atoms with van der Waals surface area (Å²) in [7, 11) is -1.11. The van der Waals surface area contributed by atoms with E-state index in [9.17, 15) is 5.11 Å². The highest BCUT2D eigenvalue weighted by Crippen LogP contribution is 2.38. The summed E-state index contributed by atoms with van der Waals surface area (Å²) in [5, 5.41) is 9.18. The summed E-state index contributed by atoms with van der Waals surface area (Å²) in [5.74, 6) is 2.16. The Morgan fingerprint density at radius 2 is 2.16 bits per heavy atom. The van der Waals surface area contributed by atoms with Gasteiger partial charge < -0.3 is 25.1 Å². The molecule has 0 amide bonds. The van der Waals surface area contributed by atoms with Crippen molar-refractivity contribution in [3.8, 4) is 17.4 Å². The van der Waals surface area contributed by atoms with Crippen LogP contribution in [0.3, 0.4) is 0 Å². The third-order valence-corrected chi connectivity index (χ3v) is 6.88. The molecule has 1 aliphatic rings. The normalized spacial score (nSPS) is 16.2. The zero-order valence-corrected chi connectivity index (χ0v) is 20.1. The fourth-order valence-corrected chi connectivity index (χ4v) is 4.07. The second kappa shape index (κ2) is 11.3. The first kappa shape index (κ1) is 24.0. The second-order valence-corrected chi connectivity index (χ2v) is 14.6. The molecule has 0 saturated carbocycles. The highest BCUT2D eigenvalue weighted by Gasteiger charge is 2.24. The lowest BCUT2D eigenvalue weighted by Crippen LogP contribution is -2.21. The molecule has 1 aliphatic heterocycles. The van der Waals surface area contributed by atoms with E-state index in [0.717, 1.165) is 29.5 Å². The number of aromatic nitrogens is 1. The first-order chi connectivity index (χ1) is 15.4. The van der Waals surface area contributed by atoms with E-state index in [1.807, 2.05) is 24.3 Å². The summed E-state index contributed by atoms with van der Waals surface area (Å²) >= 11 is 0. The molecule has 32 heavy (non-hydrogen) atoms. The number of benzene rings is 1. The van der Waals surface area contributed by atoms with Gasteiger partial charge in [0.1, 0.15) is 18.2 Å². The van der Waals surface area contributed by atoms with E-state index >= 15 is 0 Å². The monoisotopic (exact) mass is 455 g/mol.